The van der Waals surface area contributed by atoms with Crippen molar-refractivity contribution in [1.82, 2.24) is 5.32 Å². The van der Waals surface area contributed by atoms with Gasteiger partial charge in [-0.1, -0.05) is 25.5 Å². The molecule has 0 aliphatic heterocycles. The van der Waals surface area contributed by atoms with Gasteiger partial charge >= 0.3 is 0 Å². The SMILES string of the molecule is CCCCOc1cccc(CNC(=O)CCCOc2ccc(C#N)cc2OC)c1. The molecule has 0 aliphatic carbocycles. The van der Waals surface area contributed by atoms with E-state index in [2.05, 4.69) is 18.3 Å². The summed E-state index contributed by atoms with van der Waals surface area (Å²) in [5, 5.41) is 11.8. The van der Waals surface area contributed by atoms with E-state index in [4.69, 9.17) is 19.5 Å². The number of nitrogens with one attached hydrogen (secondary N) is 1. The lowest BCUT2D eigenvalue weighted by Crippen LogP contribution is -2.23. The van der Waals surface area contributed by atoms with Crippen molar-refractivity contribution in [2.45, 2.75) is 39.2 Å². The smallest absolute Gasteiger partial charge is 0.220 e. The molecule has 0 aromatic heterocycles. The molecule has 0 fully saturated rings. The van der Waals surface area contributed by atoms with Crippen LogP contribution in [0.4, 0.5) is 0 Å². The summed E-state index contributed by atoms with van der Waals surface area (Å²) >= 11 is 0. The lowest BCUT2D eigenvalue weighted by Gasteiger charge is -2.11. The number of nitriles is 1. The van der Waals surface area contributed by atoms with Crippen LogP contribution in [-0.2, 0) is 11.3 Å². The molecule has 154 valence electrons. The topological polar surface area (TPSA) is 80.6 Å². The predicted molar refractivity (Wildman–Crippen MR) is 111 cm³/mol. The van der Waals surface area contributed by atoms with Crippen LogP contribution in [0.15, 0.2) is 42.5 Å². The van der Waals surface area contributed by atoms with Crippen molar-refractivity contribution in [3.05, 3.63) is 53.6 Å². The number of amides is 1. The number of carbonyl (C=O) groups is 1. The minimum atomic E-state index is -0.0299. The normalized spacial score (nSPS) is 10.1. The monoisotopic (exact) mass is 396 g/mol. The molecular weight excluding hydrogens is 368 g/mol. The molecule has 0 aliphatic rings. The van der Waals surface area contributed by atoms with Gasteiger partial charge < -0.3 is 19.5 Å². The van der Waals surface area contributed by atoms with Crippen molar-refractivity contribution < 1.29 is 19.0 Å². The second kappa shape index (κ2) is 12.3. The van der Waals surface area contributed by atoms with Crippen LogP contribution in [0.1, 0.15) is 43.7 Å². The van der Waals surface area contributed by atoms with E-state index < -0.39 is 0 Å². The zero-order valence-electron chi connectivity index (χ0n) is 17.1. The third kappa shape index (κ3) is 7.74. The summed E-state index contributed by atoms with van der Waals surface area (Å²) in [6.07, 6.45) is 3.06. The van der Waals surface area contributed by atoms with Gasteiger partial charge in [0.2, 0.25) is 5.91 Å². The Bertz CT molecular complexity index is 830. The van der Waals surface area contributed by atoms with Crippen molar-refractivity contribution in [3.63, 3.8) is 0 Å². The number of benzene rings is 2. The Balaban J connectivity index is 1.70. The van der Waals surface area contributed by atoms with E-state index in [-0.39, 0.29) is 5.91 Å². The summed E-state index contributed by atoms with van der Waals surface area (Å²) in [4.78, 5) is 12.1. The zero-order chi connectivity index (χ0) is 20.9. The first-order valence-corrected chi connectivity index (χ1v) is 9.85. The van der Waals surface area contributed by atoms with E-state index in [1.54, 1.807) is 18.2 Å². The number of methoxy groups -OCH3 is 1. The molecule has 29 heavy (non-hydrogen) atoms. The number of ether oxygens (including phenoxy) is 3. The lowest BCUT2D eigenvalue weighted by molar-refractivity contribution is -0.121. The Morgan fingerprint density at radius 3 is 2.66 bits per heavy atom. The van der Waals surface area contributed by atoms with Crippen LogP contribution in [0, 0.1) is 11.3 Å². The van der Waals surface area contributed by atoms with Crippen molar-refractivity contribution in [3.8, 4) is 23.3 Å². The zero-order valence-corrected chi connectivity index (χ0v) is 17.1. The van der Waals surface area contributed by atoms with Gasteiger partial charge in [-0.15, -0.1) is 0 Å². The van der Waals surface area contributed by atoms with Crippen molar-refractivity contribution >= 4 is 5.91 Å². The Hall–Kier alpha value is -3.20. The third-order valence-corrected chi connectivity index (χ3v) is 4.25. The van der Waals surface area contributed by atoms with Crippen molar-refractivity contribution in [1.29, 1.82) is 5.26 Å². The van der Waals surface area contributed by atoms with Gasteiger partial charge in [0.25, 0.3) is 0 Å². The quantitative estimate of drug-likeness (QED) is 0.543. The van der Waals surface area contributed by atoms with Gasteiger partial charge in [0, 0.05) is 19.0 Å². The average molecular weight is 396 g/mol. The Kier molecular flexibility index (Phi) is 9.37. The van der Waals surface area contributed by atoms with Crippen LogP contribution in [0.2, 0.25) is 0 Å². The van der Waals surface area contributed by atoms with Crippen LogP contribution >= 0.6 is 0 Å². The van der Waals surface area contributed by atoms with Crippen LogP contribution in [0.3, 0.4) is 0 Å². The highest BCUT2D eigenvalue weighted by Crippen LogP contribution is 2.27. The van der Waals surface area contributed by atoms with Gasteiger partial charge in [-0.05, 0) is 42.7 Å². The first-order chi connectivity index (χ1) is 14.2. The minimum absolute atomic E-state index is 0.0299. The van der Waals surface area contributed by atoms with E-state index in [9.17, 15) is 4.79 Å². The fourth-order valence-electron chi connectivity index (χ4n) is 2.64. The first-order valence-electron chi connectivity index (χ1n) is 9.85. The first kappa shape index (κ1) is 22.1. The van der Waals surface area contributed by atoms with Crippen LogP contribution in [0.5, 0.6) is 17.2 Å². The number of rotatable bonds is 12. The highest BCUT2D eigenvalue weighted by atomic mass is 16.5. The Labute approximate surface area is 172 Å². The minimum Gasteiger partial charge on any atom is -0.494 e. The molecule has 1 amide bonds. The van der Waals surface area contributed by atoms with Gasteiger partial charge in [-0.25, -0.2) is 0 Å². The maximum atomic E-state index is 12.1. The second-order valence-electron chi connectivity index (χ2n) is 6.56. The Morgan fingerprint density at radius 1 is 1.07 bits per heavy atom. The van der Waals surface area contributed by atoms with Gasteiger partial charge in [0.15, 0.2) is 11.5 Å². The molecule has 0 spiro atoms. The van der Waals surface area contributed by atoms with Crippen LogP contribution in [-0.4, -0.2) is 26.2 Å². The summed E-state index contributed by atoms with van der Waals surface area (Å²) in [7, 11) is 1.53. The molecule has 2 aromatic rings. The molecule has 2 rings (SSSR count). The molecule has 6 heteroatoms. The number of hydrogen-bond acceptors (Lipinski definition) is 5. The highest BCUT2D eigenvalue weighted by Gasteiger charge is 2.07. The second-order valence-corrected chi connectivity index (χ2v) is 6.56. The average Bonchev–Trinajstić information content (AvgIpc) is 2.75. The highest BCUT2D eigenvalue weighted by molar-refractivity contribution is 5.75. The summed E-state index contributed by atoms with van der Waals surface area (Å²) < 4.78 is 16.6. The number of hydrogen-bond donors (Lipinski definition) is 1. The van der Waals surface area contributed by atoms with Gasteiger partial charge in [0.05, 0.1) is 32.0 Å². The Morgan fingerprint density at radius 2 is 1.90 bits per heavy atom. The number of carbonyl (C=O) groups excluding carboxylic acids is 1. The van der Waals surface area contributed by atoms with E-state index >= 15 is 0 Å². The molecule has 0 bridgehead atoms. The van der Waals surface area contributed by atoms with Crippen molar-refractivity contribution in [2.75, 3.05) is 20.3 Å². The molecule has 0 atom stereocenters. The van der Waals surface area contributed by atoms with Crippen LogP contribution < -0.4 is 19.5 Å². The molecule has 0 radical (unpaired) electrons. The maximum Gasteiger partial charge on any atom is 0.220 e. The van der Waals surface area contributed by atoms with E-state index in [1.807, 2.05) is 24.3 Å². The predicted octanol–water partition coefficient (Wildman–Crippen LogP) is 4.22. The van der Waals surface area contributed by atoms with Gasteiger partial charge in [-0.3, -0.25) is 4.79 Å². The molecule has 1 N–H and O–H groups in total. The van der Waals surface area contributed by atoms with Crippen molar-refractivity contribution in [2.24, 2.45) is 0 Å². The van der Waals surface area contributed by atoms with E-state index in [1.165, 1.54) is 7.11 Å². The molecule has 6 nitrogen and oxygen atoms in total. The summed E-state index contributed by atoms with van der Waals surface area (Å²) in [5.74, 6) is 1.87. The lowest BCUT2D eigenvalue weighted by atomic mass is 10.2. The fraction of sp³-hybridized carbons (Fsp3) is 0.391. The van der Waals surface area contributed by atoms with Gasteiger partial charge in [-0.2, -0.15) is 5.26 Å². The summed E-state index contributed by atoms with van der Waals surface area (Å²) in [6, 6.07) is 14.8. The van der Waals surface area contributed by atoms with Gasteiger partial charge in [0.1, 0.15) is 5.75 Å². The fourth-order valence-corrected chi connectivity index (χ4v) is 2.64. The van der Waals surface area contributed by atoms with E-state index in [0.717, 1.165) is 24.2 Å². The largest absolute Gasteiger partial charge is 0.494 e. The molecular formula is C23H28N2O4. The summed E-state index contributed by atoms with van der Waals surface area (Å²) in [6.45, 7) is 3.68. The molecule has 2 aromatic carbocycles. The van der Waals surface area contributed by atoms with Crippen LogP contribution in [0.25, 0.3) is 0 Å². The molecule has 0 unspecified atom stereocenters. The van der Waals surface area contributed by atoms with E-state index in [0.29, 0.717) is 49.7 Å². The molecule has 0 heterocycles. The molecule has 0 saturated heterocycles. The maximum absolute atomic E-state index is 12.1. The molecule has 0 saturated carbocycles. The number of unbranched alkanes of at least 4 members (excludes halogenated alkanes) is 1. The standard InChI is InChI=1S/C23H28N2O4/c1-3-4-12-28-20-8-5-7-19(14-20)17-25-23(26)9-6-13-29-21-11-10-18(16-24)15-22(21)27-2/h5,7-8,10-11,14-15H,3-4,6,9,12-13,17H2,1-2H3,(H,25,26). The number of nitrogens with zero attached hydrogens (tertiary/aromatic N) is 1. The third-order valence-electron chi connectivity index (χ3n) is 4.25. The summed E-state index contributed by atoms with van der Waals surface area (Å²) in [5.41, 5.74) is 1.51.